The SMILES string of the molecule is COc1ccc(F)c(NC(CN)C2CCCC(C)C2)c1. The quantitative estimate of drug-likeness (QED) is 0.869. The molecule has 0 saturated heterocycles. The number of ether oxygens (including phenoxy) is 1. The molecule has 4 heteroatoms. The van der Waals surface area contributed by atoms with Crippen molar-refractivity contribution in [3.8, 4) is 5.75 Å². The van der Waals surface area contributed by atoms with Gasteiger partial charge in [-0.1, -0.05) is 19.8 Å². The van der Waals surface area contributed by atoms with Gasteiger partial charge in [-0.05, 0) is 36.8 Å². The van der Waals surface area contributed by atoms with Crippen LogP contribution in [0.25, 0.3) is 0 Å². The van der Waals surface area contributed by atoms with Crippen molar-refractivity contribution in [2.75, 3.05) is 19.0 Å². The van der Waals surface area contributed by atoms with E-state index < -0.39 is 0 Å². The molecule has 0 spiro atoms. The molecular weight excluding hydrogens is 255 g/mol. The van der Waals surface area contributed by atoms with Gasteiger partial charge in [-0.25, -0.2) is 4.39 Å². The first kappa shape index (κ1) is 15.1. The van der Waals surface area contributed by atoms with E-state index in [2.05, 4.69) is 12.2 Å². The van der Waals surface area contributed by atoms with Gasteiger partial charge in [-0.2, -0.15) is 0 Å². The van der Waals surface area contributed by atoms with E-state index in [9.17, 15) is 4.39 Å². The highest BCUT2D eigenvalue weighted by Gasteiger charge is 2.26. The predicted molar refractivity (Wildman–Crippen MR) is 80.5 cm³/mol. The molecule has 1 aliphatic rings. The van der Waals surface area contributed by atoms with Gasteiger partial charge in [-0.15, -0.1) is 0 Å². The summed E-state index contributed by atoms with van der Waals surface area (Å²) in [6.45, 7) is 2.81. The second kappa shape index (κ2) is 6.93. The second-order valence-corrected chi connectivity index (χ2v) is 5.86. The maximum atomic E-state index is 13.9. The molecule has 20 heavy (non-hydrogen) atoms. The number of nitrogens with two attached hydrogens (primary N) is 1. The molecule has 2 rings (SSSR count). The Bertz CT molecular complexity index is 438. The van der Waals surface area contributed by atoms with Crippen molar-refractivity contribution < 1.29 is 9.13 Å². The van der Waals surface area contributed by atoms with E-state index in [4.69, 9.17) is 10.5 Å². The van der Waals surface area contributed by atoms with E-state index in [-0.39, 0.29) is 11.9 Å². The van der Waals surface area contributed by atoms with Crippen LogP contribution >= 0.6 is 0 Å². The zero-order valence-electron chi connectivity index (χ0n) is 12.4. The molecule has 0 amide bonds. The van der Waals surface area contributed by atoms with Crippen molar-refractivity contribution in [2.24, 2.45) is 17.6 Å². The summed E-state index contributed by atoms with van der Waals surface area (Å²) < 4.78 is 19.0. The smallest absolute Gasteiger partial charge is 0.146 e. The van der Waals surface area contributed by atoms with Crippen molar-refractivity contribution in [2.45, 2.75) is 38.6 Å². The molecule has 1 fully saturated rings. The van der Waals surface area contributed by atoms with Gasteiger partial charge in [0.2, 0.25) is 0 Å². The molecule has 3 unspecified atom stereocenters. The number of rotatable bonds is 5. The lowest BCUT2D eigenvalue weighted by atomic mass is 9.78. The van der Waals surface area contributed by atoms with Crippen molar-refractivity contribution in [3.05, 3.63) is 24.0 Å². The Labute approximate surface area is 120 Å². The number of hydrogen-bond acceptors (Lipinski definition) is 3. The monoisotopic (exact) mass is 280 g/mol. The third kappa shape index (κ3) is 3.63. The van der Waals surface area contributed by atoms with Gasteiger partial charge in [0.15, 0.2) is 0 Å². The van der Waals surface area contributed by atoms with E-state index in [0.29, 0.717) is 23.9 Å². The summed E-state index contributed by atoms with van der Waals surface area (Å²) in [4.78, 5) is 0. The van der Waals surface area contributed by atoms with Crippen LogP contribution in [0.5, 0.6) is 5.75 Å². The fraction of sp³-hybridized carbons (Fsp3) is 0.625. The number of anilines is 1. The van der Waals surface area contributed by atoms with Crippen LogP contribution in [-0.2, 0) is 0 Å². The van der Waals surface area contributed by atoms with Gasteiger partial charge < -0.3 is 15.8 Å². The van der Waals surface area contributed by atoms with Crippen LogP contribution < -0.4 is 15.8 Å². The lowest BCUT2D eigenvalue weighted by Crippen LogP contribution is -2.38. The van der Waals surface area contributed by atoms with E-state index in [1.807, 2.05) is 0 Å². The molecular formula is C16H25FN2O. The summed E-state index contributed by atoms with van der Waals surface area (Å²) in [6.07, 6.45) is 4.87. The first-order chi connectivity index (χ1) is 9.63. The molecule has 0 bridgehead atoms. The Morgan fingerprint density at radius 3 is 2.90 bits per heavy atom. The molecule has 0 aliphatic heterocycles. The van der Waals surface area contributed by atoms with Crippen LogP contribution in [0.1, 0.15) is 32.6 Å². The Morgan fingerprint density at radius 1 is 1.45 bits per heavy atom. The van der Waals surface area contributed by atoms with Crippen molar-refractivity contribution in [3.63, 3.8) is 0 Å². The third-order valence-corrected chi connectivity index (χ3v) is 4.31. The average Bonchev–Trinajstić information content (AvgIpc) is 2.46. The molecule has 1 aromatic carbocycles. The second-order valence-electron chi connectivity index (χ2n) is 5.86. The minimum atomic E-state index is -0.256. The van der Waals surface area contributed by atoms with Crippen LogP contribution in [-0.4, -0.2) is 19.7 Å². The number of halogens is 1. The maximum absolute atomic E-state index is 13.9. The van der Waals surface area contributed by atoms with Gasteiger partial charge in [-0.3, -0.25) is 0 Å². The van der Waals surface area contributed by atoms with Gasteiger partial charge >= 0.3 is 0 Å². The number of hydrogen-bond donors (Lipinski definition) is 2. The highest BCUT2D eigenvalue weighted by atomic mass is 19.1. The number of methoxy groups -OCH3 is 1. The molecule has 0 heterocycles. The first-order valence-corrected chi connectivity index (χ1v) is 7.44. The Balaban J connectivity index is 2.09. The van der Waals surface area contributed by atoms with E-state index in [0.717, 1.165) is 5.92 Å². The molecule has 3 atom stereocenters. The molecule has 1 aliphatic carbocycles. The molecule has 0 radical (unpaired) electrons. The lowest BCUT2D eigenvalue weighted by molar-refractivity contribution is 0.257. The van der Waals surface area contributed by atoms with Crippen molar-refractivity contribution in [1.82, 2.24) is 0 Å². The van der Waals surface area contributed by atoms with Crippen LogP contribution in [0.3, 0.4) is 0 Å². The van der Waals surface area contributed by atoms with Crippen LogP contribution in [0, 0.1) is 17.7 Å². The molecule has 0 aromatic heterocycles. The van der Waals surface area contributed by atoms with Gasteiger partial charge in [0.1, 0.15) is 11.6 Å². The maximum Gasteiger partial charge on any atom is 0.146 e. The van der Waals surface area contributed by atoms with Crippen LogP contribution in [0.15, 0.2) is 18.2 Å². The van der Waals surface area contributed by atoms with Gasteiger partial charge in [0.05, 0.1) is 12.8 Å². The van der Waals surface area contributed by atoms with Crippen LogP contribution in [0.2, 0.25) is 0 Å². The predicted octanol–water partition coefficient (Wildman–Crippen LogP) is 3.40. The third-order valence-electron chi connectivity index (χ3n) is 4.31. The number of nitrogens with one attached hydrogen (secondary N) is 1. The summed E-state index contributed by atoms with van der Waals surface area (Å²) in [5.41, 5.74) is 6.39. The lowest BCUT2D eigenvalue weighted by Gasteiger charge is -2.33. The summed E-state index contributed by atoms with van der Waals surface area (Å²) in [7, 11) is 1.58. The molecule has 112 valence electrons. The topological polar surface area (TPSA) is 47.3 Å². The average molecular weight is 280 g/mol. The highest BCUT2D eigenvalue weighted by molar-refractivity contribution is 5.50. The largest absolute Gasteiger partial charge is 0.497 e. The van der Waals surface area contributed by atoms with E-state index in [1.165, 1.54) is 31.7 Å². The zero-order chi connectivity index (χ0) is 14.5. The minimum absolute atomic E-state index is 0.124. The normalized spacial score (nSPS) is 24.2. The van der Waals surface area contributed by atoms with E-state index in [1.54, 1.807) is 19.2 Å². The van der Waals surface area contributed by atoms with Gasteiger partial charge in [0, 0.05) is 18.7 Å². The summed E-state index contributed by atoms with van der Waals surface area (Å²) >= 11 is 0. The molecule has 1 aromatic rings. The Hall–Kier alpha value is -1.29. The first-order valence-electron chi connectivity index (χ1n) is 7.44. The van der Waals surface area contributed by atoms with E-state index >= 15 is 0 Å². The number of benzene rings is 1. The Kier molecular flexibility index (Phi) is 5.24. The van der Waals surface area contributed by atoms with Crippen LogP contribution in [0.4, 0.5) is 10.1 Å². The van der Waals surface area contributed by atoms with Gasteiger partial charge in [0.25, 0.3) is 0 Å². The highest BCUT2D eigenvalue weighted by Crippen LogP contribution is 2.32. The molecule has 3 nitrogen and oxygen atoms in total. The summed E-state index contributed by atoms with van der Waals surface area (Å²) in [6, 6.07) is 4.88. The summed E-state index contributed by atoms with van der Waals surface area (Å²) in [5.74, 6) is 1.66. The fourth-order valence-electron chi connectivity index (χ4n) is 3.16. The summed E-state index contributed by atoms with van der Waals surface area (Å²) in [5, 5.41) is 3.28. The standard InChI is InChI=1S/C16H25FN2O/c1-11-4-3-5-12(8-11)16(10-18)19-15-9-13(20-2)6-7-14(15)17/h6-7,9,11-12,16,19H,3-5,8,10,18H2,1-2H3. The Morgan fingerprint density at radius 2 is 2.25 bits per heavy atom. The van der Waals surface area contributed by atoms with Crippen molar-refractivity contribution >= 4 is 5.69 Å². The van der Waals surface area contributed by atoms with Crippen molar-refractivity contribution in [1.29, 1.82) is 0 Å². The zero-order valence-corrected chi connectivity index (χ0v) is 12.4. The molecule has 1 saturated carbocycles. The fourth-order valence-corrected chi connectivity index (χ4v) is 3.16. The minimum Gasteiger partial charge on any atom is -0.497 e. The molecule has 3 N–H and O–H groups in total.